The number of benzene rings is 1. The fourth-order valence-electron chi connectivity index (χ4n) is 7.84. The Morgan fingerprint density at radius 2 is 1.27 bits per heavy atom. The largest absolute Gasteiger partial charge is 0.413 e. The van der Waals surface area contributed by atoms with Crippen LogP contribution in [0.5, 0.6) is 0 Å². The van der Waals surface area contributed by atoms with Gasteiger partial charge in [0.2, 0.25) is 8.32 Å². The van der Waals surface area contributed by atoms with Gasteiger partial charge in [0.1, 0.15) is 24.4 Å². The highest BCUT2D eigenvalue weighted by Gasteiger charge is 2.61. The molecule has 1 aromatic rings. The van der Waals surface area contributed by atoms with E-state index < -0.39 is 16.6 Å². The highest BCUT2D eigenvalue weighted by Crippen LogP contribution is 2.49. The van der Waals surface area contributed by atoms with Gasteiger partial charge in [0.15, 0.2) is 14.6 Å². The molecule has 0 radical (unpaired) electrons. The van der Waals surface area contributed by atoms with Gasteiger partial charge in [0.25, 0.3) is 0 Å². The average molecular weight is 606 g/mol. The average Bonchev–Trinajstić information content (AvgIpc) is 3.66. The molecule has 0 unspecified atom stereocenters. The van der Waals surface area contributed by atoms with Crippen LogP contribution in [0.15, 0.2) is 29.4 Å². The number of epoxide rings is 1. The number of ether oxygens (including phenoxy) is 3. The molecule has 10 heteroatoms. The predicted octanol–water partition coefficient (Wildman–Crippen LogP) is 9.39. The van der Waals surface area contributed by atoms with Crippen LogP contribution in [0.4, 0.5) is 5.69 Å². The minimum atomic E-state index is -2.23. The van der Waals surface area contributed by atoms with Crippen molar-refractivity contribution in [1.29, 1.82) is 0 Å². The third-order valence-corrected chi connectivity index (χ3v) is 21.8. The lowest BCUT2D eigenvalue weighted by molar-refractivity contribution is -0.166. The van der Waals surface area contributed by atoms with Gasteiger partial charge in [-0.05, 0) is 44.3 Å². The van der Waals surface area contributed by atoms with Gasteiger partial charge in [0.05, 0.1) is 13.2 Å². The molecule has 2 heterocycles. The van der Waals surface area contributed by atoms with Crippen molar-refractivity contribution in [2.75, 3.05) is 6.61 Å². The smallest absolute Gasteiger partial charge is 0.201 e. The Bertz CT molecular complexity index is 984. The van der Waals surface area contributed by atoms with E-state index in [2.05, 4.69) is 93.1 Å². The molecule has 0 bridgehead atoms. The van der Waals surface area contributed by atoms with Crippen molar-refractivity contribution in [1.82, 2.24) is 0 Å². The Labute approximate surface area is 250 Å². The molecular formula is C31H55N3O5Si2. The summed E-state index contributed by atoms with van der Waals surface area (Å²) in [5.41, 5.74) is 13.1. The van der Waals surface area contributed by atoms with E-state index in [9.17, 15) is 0 Å². The Kier molecular flexibility index (Phi) is 11.7. The second kappa shape index (κ2) is 14.0. The molecule has 3 rings (SSSR count). The summed E-state index contributed by atoms with van der Waals surface area (Å²) in [7, 11) is -4.36. The molecule has 0 amide bonds. The maximum atomic E-state index is 8.76. The van der Waals surface area contributed by atoms with Gasteiger partial charge in [-0.25, -0.2) is 0 Å². The first-order valence-corrected chi connectivity index (χ1v) is 19.9. The lowest BCUT2D eigenvalue weighted by atomic mass is 10.0. The van der Waals surface area contributed by atoms with Gasteiger partial charge in [-0.1, -0.05) is 112 Å². The van der Waals surface area contributed by atoms with E-state index in [1.165, 1.54) is 0 Å². The maximum absolute atomic E-state index is 8.76. The molecule has 0 aliphatic carbocycles. The van der Waals surface area contributed by atoms with E-state index in [0.29, 0.717) is 52.1 Å². The summed E-state index contributed by atoms with van der Waals surface area (Å²) in [5.74, 6) is 0. The minimum Gasteiger partial charge on any atom is -0.413 e. The van der Waals surface area contributed by atoms with Gasteiger partial charge in [-0.15, -0.1) is 0 Å². The highest BCUT2D eigenvalue weighted by molar-refractivity contribution is 6.78. The molecular weight excluding hydrogens is 551 g/mol. The van der Waals surface area contributed by atoms with E-state index in [1.807, 2.05) is 24.3 Å². The van der Waals surface area contributed by atoms with Crippen LogP contribution >= 0.6 is 0 Å². The zero-order valence-corrected chi connectivity index (χ0v) is 29.5. The second-order valence-electron chi connectivity index (χ2n) is 13.8. The summed E-state index contributed by atoms with van der Waals surface area (Å²) in [5, 5.41) is 3.69. The molecule has 0 aromatic heterocycles. The van der Waals surface area contributed by atoms with E-state index in [1.54, 1.807) is 0 Å². The van der Waals surface area contributed by atoms with Crippen molar-refractivity contribution in [3.63, 3.8) is 0 Å². The predicted molar refractivity (Wildman–Crippen MR) is 170 cm³/mol. The third kappa shape index (κ3) is 7.12. The van der Waals surface area contributed by atoms with Gasteiger partial charge >= 0.3 is 0 Å². The molecule has 5 atom stereocenters. The number of fused-ring (bicyclic) bond motifs is 1. The maximum Gasteiger partial charge on any atom is 0.201 e. The van der Waals surface area contributed by atoms with Crippen LogP contribution in [0.25, 0.3) is 10.4 Å². The molecule has 8 nitrogen and oxygen atoms in total. The van der Waals surface area contributed by atoms with Gasteiger partial charge in [-0.3, -0.25) is 0 Å². The van der Waals surface area contributed by atoms with Gasteiger partial charge in [-0.2, -0.15) is 0 Å². The van der Waals surface area contributed by atoms with Gasteiger partial charge < -0.3 is 23.1 Å². The molecule has 2 saturated heterocycles. The molecule has 0 saturated carbocycles. The van der Waals surface area contributed by atoms with Crippen molar-refractivity contribution in [3.8, 4) is 0 Å². The summed E-state index contributed by atoms with van der Waals surface area (Å²) < 4.78 is 33.8. The first kappa shape index (κ1) is 34.3. The molecule has 2 aliphatic heterocycles. The fraction of sp³-hybridized carbons (Fsp3) is 0.806. The van der Waals surface area contributed by atoms with Crippen LogP contribution in [0.2, 0.25) is 33.2 Å². The topological polar surface area (TPSA) is 98.2 Å². The highest BCUT2D eigenvalue weighted by atomic mass is 28.4. The second-order valence-corrected chi connectivity index (χ2v) is 24.7. The van der Waals surface area contributed by atoms with Crippen molar-refractivity contribution in [2.45, 2.75) is 154 Å². The molecule has 2 fully saturated rings. The van der Waals surface area contributed by atoms with E-state index >= 15 is 0 Å². The van der Waals surface area contributed by atoms with Crippen LogP contribution in [0.3, 0.4) is 0 Å². The van der Waals surface area contributed by atoms with Crippen LogP contribution < -0.4 is 0 Å². The molecule has 41 heavy (non-hydrogen) atoms. The number of hydrogen-bond donors (Lipinski definition) is 0. The zero-order chi connectivity index (χ0) is 30.7. The van der Waals surface area contributed by atoms with Crippen LogP contribution in [-0.2, 0) is 29.7 Å². The van der Waals surface area contributed by atoms with E-state index in [4.69, 9.17) is 28.6 Å². The molecule has 2 aliphatic rings. The van der Waals surface area contributed by atoms with Crippen molar-refractivity contribution in [2.24, 2.45) is 5.11 Å². The Balaban J connectivity index is 1.95. The van der Waals surface area contributed by atoms with Crippen molar-refractivity contribution >= 4 is 22.3 Å². The molecule has 0 spiro atoms. The zero-order valence-electron chi connectivity index (χ0n) is 27.5. The lowest BCUT2D eigenvalue weighted by Gasteiger charge is -2.48. The van der Waals surface area contributed by atoms with Crippen molar-refractivity contribution < 1.29 is 23.1 Å². The standard InChI is InChI=1S/C31H55N3O5Si2/c1-19(2)40(20(3)4,21(5)6)36-18-27-28(35-17-25-13-15-26(16-14-25)33-34-32)29(30-31(37-27)38-30)39-41(22(7)8,23(9)10)24(11)12/h13-16,19-24,27-31H,17-18H2,1-12H3/t27-,28-,29+,30-,31-/m1/s1. The summed E-state index contributed by atoms with van der Waals surface area (Å²) in [6, 6.07) is 7.50. The normalized spacial score (nSPS) is 25.0. The summed E-state index contributed by atoms with van der Waals surface area (Å²) in [6.45, 7) is 28.6. The Hall–Kier alpha value is -1.24. The third-order valence-electron chi connectivity index (χ3n) is 9.60. The van der Waals surface area contributed by atoms with E-state index in [-0.39, 0.29) is 30.7 Å². The molecule has 1 aromatic carbocycles. The first-order valence-electron chi connectivity index (χ1n) is 15.6. The quantitative estimate of drug-likeness (QED) is 0.0652. The fourth-order valence-corrected chi connectivity index (χ4v) is 18.9. The van der Waals surface area contributed by atoms with Crippen molar-refractivity contribution in [3.05, 3.63) is 40.3 Å². The van der Waals surface area contributed by atoms with Crippen LogP contribution in [0.1, 0.15) is 88.6 Å². The van der Waals surface area contributed by atoms with Crippen LogP contribution in [-0.4, -0.2) is 53.9 Å². The Morgan fingerprint density at radius 1 is 0.756 bits per heavy atom. The summed E-state index contributed by atoms with van der Waals surface area (Å²) >= 11 is 0. The monoisotopic (exact) mass is 605 g/mol. The molecule has 0 N–H and O–H groups in total. The van der Waals surface area contributed by atoms with Gasteiger partial charge in [0, 0.05) is 10.6 Å². The number of hydrogen-bond acceptors (Lipinski definition) is 6. The summed E-state index contributed by atoms with van der Waals surface area (Å²) in [6.07, 6.45) is -1.27. The number of azide groups is 1. The SMILES string of the molecule is CC(C)[Si](OC[C@H]1O[C@@H]2O[C@@H]2[C@@H](O[Si](C(C)C)(C(C)C)C(C)C)[C@@H]1OCc1ccc(N=[N+]=[N-])cc1)(C(C)C)C(C)C. The molecule has 232 valence electrons. The number of nitrogens with zero attached hydrogens (tertiary/aromatic N) is 3. The lowest BCUT2D eigenvalue weighted by Crippen LogP contribution is -2.60. The first-order chi connectivity index (χ1) is 19.2. The Morgan fingerprint density at radius 3 is 1.73 bits per heavy atom. The summed E-state index contributed by atoms with van der Waals surface area (Å²) in [4.78, 5) is 2.88. The van der Waals surface area contributed by atoms with E-state index in [0.717, 1.165) is 5.56 Å². The number of rotatable bonds is 15. The minimum absolute atomic E-state index is 0.131. The van der Waals surface area contributed by atoms with Crippen LogP contribution in [0, 0.1) is 0 Å².